The fraction of sp³-hybridized carbons (Fsp3) is 0.962. The molecule has 0 aliphatic carbocycles. The number of aliphatic hydroxyl groups excluding tert-OH is 20. The number of rotatable bonds is 20. The highest BCUT2D eigenvalue weighted by Gasteiger charge is 2.60. The van der Waals surface area contributed by atoms with Crippen molar-refractivity contribution in [2.75, 3.05) is 26.4 Å². The molecule has 40 atom stereocenters. The Bertz CT molecular complexity index is 2300. The number of hydrogen-bond donors (Lipinski definition) is 22. The van der Waals surface area contributed by atoms with Gasteiger partial charge in [0.15, 0.2) is 50.3 Å². The van der Waals surface area contributed by atoms with E-state index in [0.717, 1.165) is 13.8 Å². The first-order valence-electron chi connectivity index (χ1n) is 29.6. The number of aliphatic hydroxyl groups is 20. The number of nitrogens with one attached hydrogen (secondary N) is 2. The zero-order valence-electron chi connectivity index (χ0n) is 49.8. The van der Waals surface area contributed by atoms with E-state index < -0.39 is 284 Å². The van der Waals surface area contributed by atoms with Crippen LogP contribution in [-0.2, 0) is 80.6 Å². The fourth-order valence-electron chi connectivity index (χ4n) is 12.0. The molecular formula is C52H88N2O37. The van der Waals surface area contributed by atoms with Gasteiger partial charge >= 0.3 is 0 Å². The largest absolute Gasteiger partial charge is 0.394 e. The third kappa shape index (κ3) is 15.8. The van der Waals surface area contributed by atoms with E-state index >= 15 is 0 Å². The summed E-state index contributed by atoms with van der Waals surface area (Å²) < 4.78 is 87.9. The number of ether oxygens (including phenoxy) is 15. The molecule has 0 spiro atoms. The van der Waals surface area contributed by atoms with Gasteiger partial charge in [-0.05, 0) is 27.7 Å². The van der Waals surface area contributed by atoms with Crippen LogP contribution in [0, 0.1) is 0 Å². The molecule has 39 heteroatoms. The molecule has 8 aliphatic rings. The summed E-state index contributed by atoms with van der Waals surface area (Å²) in [4.78, 5) is 25.7. The summed E-state index contributed by atoms with van der Waals surface area (Å²) in [7, 11) is 0. The highest BCUT2D eigenvalue weighted by molar-refractivity contribution is 5.73. The van der Waals surface area contributed by atoms with E-state index in [1.807, 2.05) is 0 Å². The van der Waals surface area contributed by atoms with Gasteiger partial charge in [-0.3, -0.25) is 9.59 Å². The van der Waals surface area contributed by atoms with Crippen molar-refractivity contribution in [1.82, 2.24) is 10.6 Å². The Hall–Kier alpha value is -2.46. The highest BCUT2D eigenvalue weighted by atomic mass is 16.8. The number of carbonyl (C=O) groups is 2. The first-order valence-corrected chi connectivity index (χ1v) is 29.6. The lowest BCUT2D eigenvalue weighted by molar-refractivity contribution is -0.398. The van der Waals surface area contributed by atoms with Gasteiger partial charge in [-0.25, -0.2) is 0 Å². The van der Waals surface area contributed by atoms with Crippen LogP contribution in [0.1, 0.15) is 41.5 Å². The molecule has 0 saturated carbocycles. The highest BCUT2D eigenvalue weighted by Crippen LogP contribution is 2.39. The molecule has 0 aromatic heterocycles. The minimum atomic E-state index is -2.24. The molecule has 39 nitrogen and oxygen atoms in total. The number of carbonyl (C=O) groups excluding carboxylic acids is 2. The summed E-state index contributed by atoms with van der Waals surface area (Å²) in [5.74, 6) is -1.69. The van der Waals surface area contributed by atoms with Crippen LogP contribution in [0.4, 0.5) is 0 Å². The molecule has 2 amide bonds. The van der Waals surface area contributed by atoms with Crippen molar-refractivity contribution in [3.05, 3.63) is 0 Å². The van der Waals surface area contributed by atoms with Gasteiger partial charge in [0, 0.05) is 13.8 Å². The van der Waals surface area contributed by atoms with E-state index in [9.17, 15) is 112 Å². The third-order valence-corrected chi connectivity index (χ3v) is 17.3. The van der Waals surface area contributed by atoms with Gasteiger partial charge in [-0.2, -0.15) is 0 Å². The second-order valence-electron chi connectivity index (χ2n) is 23.8. The molecule has 8 saturated heterocycles. The normalized spacial score (nSPS) is 52.5. The van der Waals surface area contributed by atoms with E-state index in [-0.39, 0.29) is 0 Å². The second-order valence-corrected chi connectivity index (χ2v) is 23.8. The van der Waals surface area contributed by atoms with Crippen molar-refractivity contribution in [2.24, 2.45) is 0 Å². The van der Waals surface area contributed by atoms with Crippen LogP contribution in [0.15, 0.2) is 0 Å². The Morgan fingerprint density at radius 3 is 0.934 bits per heavy atom. The van der Waals surface area contributed by atoms with E-state index in [2.05, 4.69) is 10.6 Å². The Morgan fingerprint density at radius 1 is 0.286 bits per heavy atom. The molecule has 8 aliphatic heterocycles. The standard InChI is InChI=1S/C52H88N2O37/c1-11-23(61)31(69)34(72)48(78-11)90-43-32(70)27(65)17(7-55)83-51(43)85-39-22(54-16(6)60)47(82-20(10-58)30(39)68)88-41-25(63)13(3)79-49(36(41)74)89-42-26(64)14(4)80-50(37(42)75)91-44-33(71)28(66)18(8-56)84-52(44)86-38-21(53-15(5)59)46(81-19(9-57)29(38)67)87-40-24(62)12(2)77-45(76)35(40)73/h11-14,17-52,55-58,61-76H,7-10H2,1-6H3,(H,53,59)(H,54,60)/t11-,12-,13-,14-,17+,18+,19+,20+,21+,22+,23-,24-,25-,26-,27+,28+,29+,30+,31+,32-,33-,34+,35+,36+,37+,38+,39+,40+,41+,42+,43+,44+,45+,46+,47+,48-,49-,50-,51+,52+/m0/s1. The monoisotopic (exact) mass is 1330 g/mol. The van der Waals surface area contributed by atoms with Crippen molar-refractivity contribution >= 4 is 11.8 Å². The number of hydrogen-bond acceptors (Lipinski definition) is 37. The third-order valence-electron chi connectivity index (χ3n) is 17.3. The van der Waals surface area contributed by atoms with Crippen LogP contribution < -0.4 is 10.6 Å². The van der Waals surface area contributed by atoms with Crippen molar-refractivity contribution in [1.29, 1.82) is 0 Å². The predicted molar refractivity (Wildman–Crippen MR) is 282 cm³/mol. The Kier molecular flexibility index (Phi) is 25.6. The van der Waals surface area contributed by atoms with Crippen molar-refractivity contribution < 1.29 is 183 Å². The zero-order chi connectivity index (χ0) is 67.1. The molecule has 528 valence electrons. The summed E-state index contributed by atoms with van der Waals surface area (Å²) >= 11 is 0. The minimum Gasteiger partial charge on any atom is -0.394 e. The lowest BCUT2D eigenvalue weighted by atomic mass is 9.94. The van der Waals surface area contributed by atoms with Crippen molar-refractivity contribution in [3.8, 4) is 0 Å². The predicted octanol–water partition coefficient (Wildman–Crippen LogP) is -14.1. The Morgan fingerprint density at radius 2 is 0.571 bits per heavy atom. The molecule has 22 N–H and O–H groups in total. The van der Waals surface area contributed by atoms with Crippen LogP contribution in [0.3, 0.4) is 0 Å². The second kappa shape index (κ2) is 31.4. The molecule has 0 bridgehead atoms. The van der Waals surface area contributed by atoms with E-state index in [1.165, 1.54) is 27.7 Å². The fourth-order valence-corrected chi connectivity index (χ4v) is 12.0. The molecule has 0 aromatic rings. The van der Waals surface area contributed by atoms with Crippen LogP contribution in [0.2, 0.25) is 0 Å². The molecule has 8 rings (SSSR count). The zero-order valence-corrected chi connectivity index (χ0v) is 49.8. The van der Waals surface area contributed by atoms with Gasteiger partial charge in [0.2, 0.25) is 11.8 Å². The van der Waals surface area contributed by atoms with Gasteiger partial charge in [0.25, 0.3) is 0 Å². The number of amides is 2. The van der Waals surface area contributed by atoms with E-state index in [4.69, 9.17) is 71.1 Å². The average molecular weight is 1330 g/mol. The maximum absolute atomic E-state index is 13.0. The van der Waals surface area contributed by atoms with Gasteiger partial charge in [0.05, 0.1) is 50.8 Å². The Labute approximate surface area is 517 Å². The molecule has 0 radical (unpaired) electrons. The summed E-state index contributed by atoms with van der Waals surface area (Å²) in [6.07, 6.45) is -70.8. The lowest BCUT2D eigenvalue weighted by Crippen LogP contribution is -2.70. The van der Waals surface area contributed by atoms with E-state index in [1.54, 1.807) is 0 Å². The maximum atomic E-state index is 13.0. The van der Waals surface area contributed by atoms with Crippen molar-refractivity contribution in [3.63, 3.8) is 0 Å². The molecule has 8 fully saturated rings. The Balaban J connectivity index is 1.02. The SMILES string of the molecule is CC(=O)N[C@H]1[C@@H](O[C@@H]2[C@@H](O)[C@H](C)O[C@@H](O[C@@H]3[C@@H](O)[C@H](C)O[C@@H](O[C@H]4[C@@H](O[C@H]5[C@H](O)[C@@H](CO)O[C@H](O[C@@H]6[C@@H](O)[C@H](C)O[C@@H](O)[C@@H]6O)[C@@H]5NC(C)=O)O[C@H](CO)[C@@H](O)[C@@H]4O)[C@@H]3O)[C@@H]2O)O[C@H](CO)[C@@H](O)[C@@H]1O[C@H]1O[C@H](CO)[C@@H](O)[C@H](O)[C@H]1O[C@@H]1O[C@@H](C)[C@H](O)[C@@H](O)[C@H]1O. The topological polar surface area (TPSA) is 601 Å². The first-order chi connectivity index (χ1) is 42.9. The molecule has 0 aromatic carbocycles. The molecule has 0 unspecified atom stereocenters. The van der Waals surface area contributed by atoms with Gasteiger partial charge < -0.3 is 184 Å². The summed E-state index contributed by atoms with van der Waals surface area (Å²) in [5.41, 5.74) is 0. The van der Waals surface area contributed by atoms with Crippen molar-refractivity contribution in [2.45, 2.75) is 287 Å². The molecule has 91 heavy (non-hydrogen) atoms. The summed E-state index contributed by atoms with van der Waals surface area (Å²) in [6, 6.07) is -3.51. The molecular weight excluding hydrogens is 1240 g/mol. The average Bonchev–Trinajstić information content (AvgIpc) is 0.827. The van der Waals surface area contributed by atoms with Crippen LogP contribution in [-0.4, -0.2) is 386 Å². The summed E-state index contributed by atoms with van der Waals surface area (Å²) in [5, 5.41) is 225. The molecule has 8 heterocycles. The minimum absolute atomic E-state index is 0.825. The first kappa shape index (κ1) is 74.3. The summed E-state index contributed by atoms with van der Waals surface area (Å²) in [6.45, 7) is 3.22. The quantitative estimate of drug-likeness (QED) is 0.0538. The van der Waals surface area contributed by atoms with Gasteiger partial charge in [-0.1, -0.05) is 0 Å². The van der Waals surface area contributed by atoms with Gasteiger partial charge in [0.1, 0.15) is 171 Å². The van der Waals surface area contributed by atoms with Crippen LogP contribution in [0.5, 0.6) is 0 Å². The van der Waals surface area contributed by atoms with Crippen LogP contribution in [0.25, 0.3) is 0 Å². The van der Waals surface area contributed by atoms with Gasteiger partial charge in [-0.15, -0.1) is 0 Å². The van der Waals surface area contributed by atoms with E-state index in [0.29, 0.717) is 0 Å². The lowest BCUT2D eigenvalue weighted by Gasteiger charge is -2.51. The maximum Gasteiger partial charge on any atom is 0.217 e. The van der Waals surface area contributed by atoms with Crippen LogP contribution >= 0.6 is 0 Å². The smallest absolute Gasteiger partial charge is 0.217 e.